The van der Waals surface area contributed by atoms with Crippen LogP contribution in [0.4, 0.5) is 31.9 Å². The molecule has 1 aliphatic rings. The number of methoxy groups -OCH3 is 1. The Morgan fingerprint density at radius 2 is 1.32 bits per heavy atom. The normalized spacial score (nSPS) is 12.7. The molecule has 0 bridgehead atoms. The van der Waals surface area contributed by atoms with Gasteiger partial charge in [0, 0.05) is 96.1 Å². The first-order chi connectivity index (χ1) is 39.3. The van der Waals surface area contributed by atoms with Crippen molar-refractivity contribution in [1.29, 1.82) is 0 Å². The van der Waals surface area contributed by atoms with Gasteiger partial charge in [0.25, 0.3) is 0 Å². The molecule has 5 heterocycles. The highest BCUT2D eigenvalue weighted by Gasteiger charge is 2.22. The smallest absolute Gasteiger partial charge is 0.322 e. The van der Waals surface area contributed by atoms with E-state index in [2.05, 4.69) is 55.4 Å². The van der Waals surface area contributed by atoms with Crippen molar-refractivity contribution >= 4 is 35.0 Å². The van der Waals surface area contributed by atoms with Gasteiger partial charge in [0.15, 0.2) is 23.1 Å². The second-order valence-electron chi connectivity index (χ2n) is 18.9. The zero-order valence-electron chi connectivity index (χ0n) is 44.9. The molecule has 0 aliphatic carbocycles. The lowest BCUT2D eigenvalue weighted by Crippen LogP contribution is -2.29. The maximum absolute atomic E-state index is 16.1. The molecule has 8 aromatic rings. The number of halogens is 2. The molecule has 9 rings (SSSR count). The molecule has 0 atom stereocenters. The molecule has 6 N–H and O–H groups in total. The Kier molecular flexibility index (Phi) is 18.1. The molecule has 1 aliphatic heterocycles. The van der Waals surface area contributed by atoms with Crippen LogP contribution >= 0.6 is 0 Å². The van der Waals surface area contributed by atoms with Crippen LogP contribution in [0.25, 0.3) is 44.8 Å². The van der Waals surface area contributed by atoms with Crippen molar-refractivity contribution in [3.05, 3.63) is 157 Å². The van der Waals surface area contributed by atoms with Gasteiger partial charge in [-0.15, -0.1) is 0 Å². The van der Waals surface area contributed by atoms with Gasteiger partial charge >= 0.3 is 12.0 Å². The van der Waals surface area contributed by atoms with Crippen LogP contribution < -0.4 is 41.0 Å². The summed E-state index contributed by atoms with van der Waals surface area (Å²) in [5.41, 5.74) is 17.8. The Bertz CT molecular complexity index is 3630. The van der Waals surface area contributed by atoms with Crippen molar-refractivity contribution in [2.45, 2.75) is 32.6 Å². The van der Waals surface area contributed by atoms with Gasteiger partial charge in [0.05, 0.1) is 36.4 Å². The number of aromatic nitrogens is 8. The van der Waals surface area contributed by atoms with Crippen LogP contribution in [-0.2, 0) is 16.0 Å². The molecule has 2 amide bonds. The Morgan fingerprint density at radius 3 is 2.00 bits per heavy atom. The van der Waals surface area contributed by atoms with Crippen molar-refractivity contribution in [3.63, 3.8) is 0 Å². The number of likely N-dealkylation sites (N-methyl/N-ethyl adjacent to an activating group) is 1. The zero-order chi connectivity index (χ0) is 56.8. The number of benzene rings is 4. The first-order valence-corrected chi connectivity index (χ1v) is 25.8. The lowest BCUT2D eigenvalue weighted by Gasteiger charge is -2.24. The highest BCUT2D eigenvalue weighted by Crippen LogP contribution is 2.42. The van der Waals surface area contributed by atoms with Gasteiger partial charge in [0.2, 0.25) is 17.8 Å². The lowest BCUT2D eigenvalue weighted by molar-refractivity contribution is -0.112. The molecule has 0 unspecified atom stereocenters. The van der Waals surface area contributed by atoms with E-state index in [-0.39, 0.29) is 60.1 Å². The standard InChI is InChI=1S/C59H58F2N14O6/c1-36-20-23-64-58(69-36)80-48-19-13-38(31-46(48)61)53-55(67-35-68-56(53)62)43-17-15-41(71-52(77)11-9-28-75-26-6-5-7-27-75)33-50(43)79-29-22-39-21-24-65-59(72-39)81-47-18-12-37(30-45(47)60)44-34-66-57(63)73-54(44)42-16-14-40(32-49(42)78-4)70-51(76)10-8-25-74(2)3/h8-21,23-24,30-35H,5-7,22,25-29H2,1-4H3,(H,70,76)(H,71,77)(H2,62,67,68)(H2,63,66,73)/b10-8+,11-9+. The van der Waals surface area contributed by atoms with Gasteiger partial charge < -0.3 is 45.9 Å². The van der Waals surface area contributed by atoms with E-state index in [0.29, 0.717) is 92.1 Å². The Hall–Kier alpha value is -9.80. The number of hydrogen-bond donors (Lipinski definition) is 4. The predicted octanol–water partition coefficient (Wildman–Crippen LogP) is 9.52. The molecule has 0 radical (unpaired) electrons. The van der Waals surface area contributed by atoms with Crippen molar-refractivity contribution in [1.82, 2.24) is 49.7 Å². The van der Waals surface area contributed by atoms with E-state index in [1.165, 1.54) is 74.9 Å². The van der Waals surface area contributed by atoms with Crippen molar-refractivity contribution in [3.8, 4) is 79.8 Å². The summed E-state index contributed by atoms with van der Waals surface area (Å²) in [6, 6.07) is 22.0. The fourth-order valence-corrected chi connectivity index (χ4v) is 8.76. The summed E-state index contributed by atoms with van der Waals surface area (Å²) in [6.45, 7) is 5.06. The first-order valence-electron chi connectivity index (χ1n) is 25.8. The summed E-state index contributed by atoms with van der Waals surface area (Å²) in [7, 11) is 5.28. The molecular weight excluding hydrogens is 1040 g/mol. The van der Waals surface area contributed by atoms with Gasteiger partial charge in [-0.25, -0.2) is 43.7 Å². The number of likely N-dealkylation sites (tertiary alicyclic amines) is 1. The minimum atomic E-state index is -0.731. The largest absolute Gasteiger partial charge is 0.496 e. The Morgan fingerprint density at radius 1 is 0.679 bits per heavy atom. The minimum absolute atomic E-state index is 0.0144. The molecule has 81 heavy (non-hydrogen) atoms. The fourth-order valence-electron chi connectivity index (χ4n) is 8.76. The van der Waals surface area contributed by atoms with Gasteiger partial charge in [-0.05, 0) is 119 Å². The average Bonchev–Trinajstić information content (AvgIpc) is 3.64. The van der Waals surface area contributed by atoms with Gasteiger partial charge in [0.1, 0.15) is 23.6 Å². The summed E-state index contributed by atoms with van der Waals surface area (Å²) in [5.74, 6) is -1.62. The Labute approximate surface area is 466 Å². The van der Waals surface area contributed by atoms with Gasteiger partial charge in [-0.2, -0.15) is 4.98 Å². The summed E-state index contributed by atoms with van der Waals surface area (Å²) < 4.78 is 55.6. The number of aryl methyl sites for hydroxylation is 1. The number of carbonyl (C=O) groups excluding carboxylic acids is 2. The summed E-state index contributed by atoms with van der Waals surface area (Å²) in [6.07, 6.45) is 16.0. The number of piperidine rings is 1. The third-order valence-corrected chi connectivity index (χ3v) is 12.7. The first kappa shape index (κ1) is 55.9. The van der Waals surface area contributed by atoms with Crippen LogP contribution in [0.15, 0.2) is 134 Å². The van der Waals surface area contributed by atoms with Crippen LogP contribution in [0, 0.1) is 18.6 Å². The van der Waals surface area contributed by atoms with E-state index in [4.69, 9.17) is 30.4 Å². The number of carbonyl (C=O) groups is 2. The monoisotopic (exact) mass is 1100 g/mol. The van der Waals surface area contributed by atoms with Gasteiger partial charge in [-0.1, -0.05) is 30.7 Å². The molecule has 1 fully saturated rings. The molecule has 20 nitrogen and oxygen atoms in total. The molecule has 4 aromatic heterocycles. The molecule has 4 aromatic carbocycles. The number of rotatable bonds is 21. The van der Waals surface area contributed by atoms with E-state index in [0.717, 1.165) is 25.9 Å². The SMILES string of the molecule is COc1cc(NC(=O)/C=C/CN(C)C)ccc1-c1nc(N)ncc1-c1ccc(Oc2nccc(CCOc3cc(NC(=O)/C=C/CN4CCCCC4)ccc3-c3ncnc(N)c3-c3ccc(Oc4nccc(C)n4)c(F)c3)n2)c(F)c1. The summed E-state index contributed by atoms with van der Waals surface area (Å²) in [5, 5.41) is 5.75. The van der Waals surface area contributed by atoms with E-state index >= 15 is 8.78 Å². The third kappa shape index (κ3) is 14.7. The van der Waals surface area contributed by atoms with Crippen molar-refractivity contribution < 1.29 is 37.3 Å². The highest BCUT2D eigenvalue weighted by atomic mass is 19.1. The van der Waals surface area contributed by atoms with Crippen LogP contribution in [0.5, 0.6) is 35.0 Å². The number of anilines is 4. The topological polar surface area (TPSA) is 257 Å². The second kappa shape index (κ2) is 26.2. The van der Waals surface area contributed by atoms with Crippen LogP contribution in [0.2, 0.25) is 0 Å². The number of nitrogens with two attached hydrogens (primary N) is 2. The molecular formula is C59H58F2N14O6. The Balaban J connectivity index is 0.927. The number of amides is 2. The molecule has 414 valence electrons. The maximum Gasteiger partial charge on any atom is 0.322 e. The van der Waals surface area contributed by atoms with E-state index in [1.54, 1.807) is 73.7 Å². The fraction of sp³-hybridized carbons (Fsp3) is 0.220. The van der Waals surface area contributed by atoms with Gasteiger partial charge in [-0.3, -0.25) is 14.5 Å². The van der Waals surface area contributed by atoms with Crippen molar-refractivity contribution in [2.24, 2.45) is 0 Å². The minimum Gasteiger partial charge on any atom is -0.496 e. The number of ether oxygens (including phenoxy) is 4. The van der Waals surface area contributed by atoms with E-state index in [9.17, 15) is 9.59 Å². The number of nitrogen functional groups attached to an aromatic ring is 2. The highest BCUT2D eigenvalue weighted by molar-refractivity contribution is 6.01. The zero-order valence-corrected chi connectivity index (χ0v) is 44.9. The van der Waals surface area contributed by atoms with Crippen LogP contribution in [0.1, 0.15) is 30.7 Å². The number of nitrogens with zero attached hydrogens (tertiary/aromatic N) is 10. The van der Waals surface area contributed by atoms with Crippen LogP contribution in [-0.4, -0.2) is 115 Å². The number of hydrogen-bond acceptors (Lipinski definition) is 18. The third-order valence-electron chi connectivity index (χ3n) is 12.7. The lowest BCUT2D eigenvalue weighted by atomic mass is 9.98. The summed E-state index contributed by atoms with van der Waals surface area (Å²) in [4.78, 5) is 64.6. The molecule has 22 heteroatoms. The van der Waals surface area contributed by atoms with Crippen LogP contribution in [0.3, 0.4) is 0 Å². The summed E-state index contributed by atoms with van der Waals surface area (Å²) >= 11 is 0. The maximum atomic E-state index is 16.1. The van der Waals surface area contributed by atoms with E-state index < -0.39 is 11.6 Å². The predicted molar refractivity (Wildman–Crippen MR) is 304 cm³/mol. The second-order valence-corrected chi connectivity index (χ2v) is 18.9. The van der Waals surface area contributed by atoms with Crippen molar-refractivity contribution in [2.75, 3.05) is 76.1 Å². The molecule has 1 saturated heterocycles. The average molecular weight is 1100 g/mol. The van der Waals surface area contributed by atoms with E-state index in [1.807, 2.05) is 25.1 Å². The quantitative estimate of drug-likeness (QED) is 0.0488. The number of nitrogens with one attached hydrogen (secondary N) is 2. The molecule has 0 saturated carbocycles. The molecule has 0 spiro atoms.